The van der Waals surface area contributed by atoms with E-state index in [1.807, 2.05) is 32.0 Å². The number of methoxy groups -OCH3 is 1. The average Bonchev–Trinajstić information content (AvgIpc) is 2.40. The molecule has 21 heavy (non-hydrogen) atoms. The number of hydrogen-bond donors (Lipinski definition) is 3. The number of rotatable bonds is 7. The van der Waals surface area contributed by atoms with Crippen LogP contribution in [0.25, 0.3) is 0 Å². The van der Waals surface area contributed by atoms with Gasteiger partial charge in [0.2, 0.25) is 0 Å². The van der Waals surface area contributed by atoms with Crippen LogP contribution < -0.4 is 10.6 Å². The maximum Gasteiger partial charge on any atom is 0.319 e. The second kappa shape index (κ2) is 8.26. The zero-order valence-electron chi connectivity index (χ0n) is 12.6. The minimum atomic E-state index is -0.936. The number of carbonyl (C=O) groups excluding carboxylic acids is 1. The van der Waals surface area contributed by atoms with Crippen molar-refractivity contribution in [1.29, 1.82) is 0 Å². The summed E-state index contributed by atoms with van der Waals surface area (Å²) >= 11 is 0. The third-order valence-electron chi connectivity index (χ3n) is 3.08. The Morgan fingerprint density at radius 2 is 1.95 bits per heavy atom. The van der Waals surface area contributed by atoms with Crippen LogP contribution in [0.3, 0.4) is 0 Å². The molecule has 1 unspecified atom stereocenters. The highest BCUT2D eigenvalue weighted by Gasteiger charge is 2.19. The number of ether oxygens (including phenoxy) is 1. The van der Waals surface area contributed by atoms with E-state index in [1.165, 1.54) is 0 Å². The van der Waals surface area contributed by atoms with Gasteiger partial charge in [-0.25, -0.2) is 4.79 Å². The van der Waals surface area contributed by atoms with Gasteiger partial charge in [0.25, 0.3) is 0 Å². The van der Waals surface area contributed by atoms with Gasteiger partial charge < -0.3 is 20.5 Å². The van der Waals surface area contributed by atoms with Crippen molar-refractivity contribution in [2.75, 3.05) is 12.4 Å². The average molecular weight is 294 g/mol. The quantitative estimate of drug-likeness (QED) is 0.721. The molecule has 0 fully saturated rings. The van der Waals surface area contributed by atoms with Crippen LogP contribution in [0.5, 0.6) is 0 Å². The van der Waals surface area contributed by atoms with Crippen LogP contribution in [0, 0.1) is 5.92 Å². The van der Waals surface area contributed by atoms with Crippen LogP contribution in [-0.2, 0) is 16.1 Å². The molecule has 0 heterocycles. The van der Waals surface area contributed by atoms with Crippen LogP contribution in [-0.4, -0.2) is 30.3 Å². The topological polar surface area (TPSA) is 87.7 Å². The molecule has 6 nitrogen and oxygen atoms in total. The lowest BCUT2D eigenvalue weighted by Crippen LogP contribution is -2.42. The van der Waals surface area contributed by atoms with E-state index in [2.05, 4.69) is 10.6 Å². The van der Waals surface area contributed by atoms with Crippen molar-refractivity contribution in [1.82, 2.24) is 5.32 Å². The van der Waals surface area contributed by atoms with Crippen molar-refractivity contribution in [2.45, 2.75) is 32.9 Å². The van der Waals surface area contributed by atoms with Gasteiger partial charge in [-0.1, -0.05) is 32.0 Å². The molecule has 0 saturated carbocycles. The van der Waals surface area contributed by atoms with E-state index in [0.29, 0.717) is 12.3 Å². The summed E-state index contributed by atoms with van der Waals surface area (Å²) in [6, 6.07) is 6.46. The number of urea groups is 1. The molecule has 1 aromatic rings. The molecular formula is C15H22N2O4. The summed E-state index contributed by atoms with van der Waals surface area (Å²) in [5.74, 6) is -0.908. The Labute approximate surface area is 124 Å². The molecule has 2 amide bonds. The first-order valence-corrected chi connectivity index (χ1v) is 6.80. The van der Waals surface area contributed by atoms with Crippen molar-refractivity contribution in [3.8, 4) is 0 Å². The first kappa shape index (κ1) is 17.0. The highest BCUT2D eigenvalue weighted by Crippen LogP contribution is 2.16. The van der Waals surface area contributed by atoms with Gasteiger partial charge >= 0.3 is 12.0 Å². The third-order valence-corrected chi connectivity index (χ3v) is 3.08. The first-order valence-electron chi connectivity index (χ1n) is 6.80. The molecule has 0 aliphatic rings. The number of nitrogens with one attached hydrogen (secondary N) is 2. The van der Waals surface area contributed by atoms with Gasteiger partial charge in [-0.3, -0.25) is 4.79 Å². The Morgan fingerprint density at radius 1 is 1.29 bits per heavy atom. The molecule has 0 spiro atoms. The predicted molar refractivity (Wildman–Crippen MR) is 80.2 cm³/mol. The van der Waals surface area contributed by atoms with Gasteiger partial charge in [0.15, 0.2) is 0 Å². The van der Waals surface area contributed by atoms with Crippen molar-refractivity contribution in [3.63, 3.8) is 0 Å². The number of amides is 2. The summed E-state index contributed by atoms with van der Waals surface area (Å²) in [5, 5.41) is 14.3. The van der Waals surface area contributed by atoms with E-state index in [9.17, 15) is 9.59 Å². The largest absolute Gasteiger partial charge is 0.481 e. The standard InChI is InChI=1S/C15H22N2O4/c1-10(2)13(8-14(18)19)17-15(20)16-12-7-5-4-6-11(12)9-21-3/h4-7,10,13H,8-9H2,1-3H3,(H,18,19)(H2,16,17,20). The summed E-state index contributed by atoms with van der Waals surface area (Å²) in [4.78, 5) is 22.8. The van der Waals surface area contributed by atoms with E-state index in [-0.39, 0.29) is 12.3 Å². The van der Waals surface area contributed by atoms with Crippen molar-refractivity contribution < 1.29 is 19.4 Å². The maximum absolute atomic E-state index is 12.0. The molecule has 0 aromatic heterocycles. The molecule has 0 saturated heterocycles. The van der Waals surface area contributed by atoms with Gasteiger partial charge in [-0.2, -0.15) is 0 Å². The van der Waals surface area contributed by atoms with Crippen LogP contribution >= 0.6 is 0 Å². The van der Waals surface area contributed by atoms with Crippen LogP contribution in [0.2, 0.25) is 0 Å². The molecular weight excluding hydrogens is 272 g/mol. The Morgan fingerprint density at radius 3 is 2.52 bits per heavy atom. The Hall–Kier alpha value is -2.08. The normalized spacial score (nSPS) is 12.0. The van der Waals surface area contributed by atoms with Gasteiger partial charge in [0, 0.05) is 24.4 Å². The summed E-state index contributed by atoms with van der Waals surface area (Å²) in [7, 11) is 1.58. The number of aliphatic carboxylic acids is 1. The molecule has 0 radical (unpaired) electrons. The van der Waals surface area contributed by atoms with Crippen molar-refractivity contribution >= 4 is 17.7 Å². The lowest BCUT2D eigenvalue weighted by Gasteiger charge is -2.21. The van der Waals surface area contributed by atoms with Crippen LogP contribution in [0.1, 0.15) is 25.8 Å². The number of carboxylic acid groups (broad SMARTS) is 1. The second-order valence-electron chi connectivity index (χ2n) is 5.14. The Bertz CT molecular complexity index is 488. The second-order valence-corrected chi connectivity index (χ2v) is 5.14. The number of carbonyl (C=O) groups is 2. The Balaban J connectivity index is 2.70. The molecule has 0 aliphatic carbocycles. The molecule has 116 valence electrons. The Kier molecular flexibility index (Phi) is 6.68. The zero-order valence-corrected chi connectivity index (χ0v) is 12.6. The fraction of sp³-hybridized carbons (Fsp3) is 0.467. The summed E-state index contributed by atoms with van der Waals surface area (Å²) in [6.07, 6.45) is -0.106. The van der Waals surface area contributed by atoms with Gasteiger partial charge in [-0.05, 0) is 12.0 Å². The van der Waals surface area contributed by atoms with Crippen molar-refractivity contribution in [3.05, 3.63) is 29.8 Å². The molecule has 0 bridgehead atoms. The zero-order chi connectivity index (χ0) is 15.8. The third kappa shape index (κ3) is 5.83. The molecule has 3 N–H and O–H groups in total. The number of para-hydroxylation sites is 1. The fourth-order valence-electron chi connectivity index (χ4n) is 1.89. The summed E-state index contributed by atoms with van der Waals surface area (Å²) in [6.45, 7) is 4.12. The van der Waals surface area contributed by atoms with E-state index in [4.69, 9.17) is 9.84 Å². The predicted octanol–water partition coefficient (Wildman–Crippen LogP) is 2.45. The van der Waals surface area contributed by atoms with Gasteiger partial charge in [-0.15, -0.1) is 0 Å². The monoisotopic (exact) mass is 294 g/mol. The number of anilines is 1. The smallest absolute Gasteiger partial charge is 0.319 e. The van der Waals surface area contributed by atoms with E-state index >= 15 is 0 Å². The van der Waals surface area contributed by atoms with Crippen LogP contribution in [0.15, 0.2) is 24.3 Å². The number of benzene rings is 1. The highest BCUT2D eigenvalue weighted by molar-refractivity contribution is 5.90. The van der Waals surface area contributed by atoms with E-state index in [1.54, 1.807) is 13.2 Å². The van der Waals surface area contributed by atoms with Crippen molar-refractivity contribution in [2.24, 2.45) is 5.92 Å². The lowest BCUT2D eigenvalue weighted by molar-refractivity contribution is -0.137. The van der Waals surface area contributed by atoms with Gasteiger partial charge in [0.1, 0.15) is 0 Å². The number of hydrogen-bond acceptors (Lipinski definition) is 3. The van der Waals surface area contributed by atoms with Gasteiger partial charge in [0.05, 0.1) is 13.0 Å². The minimum Gasteiger partial charge on any atom is -0.481 e. The molecule has 1 aromatic carbocycles. The van der Waals surface area contributed by atoms with E-state index in [0.717, 1.165) is 5.56 Å². The summed E-state index contributed by atoms with van der Waals surface area (Å²) < 4.78 is 5.07. The first-order chi connectivity index (χ1) is 9.93. The fourth-order valence-corrected chi connectivity index (χ4v) is 1.89. The lowest BCUT2D eigenvalue weighted by atomic mass is 10.0. The SMILES string of the molecule is COCc1ccccc1NC(=O)NC(CC(=O)O)C(C)C. The molecule has 6 heteroatoms. The molecule has 0 aliphatic heterocycles. The molecule has 1 atom stereocenters. The maximum atomic E-state index is 12.0. The van der Waals surface area contributed by atoms with E-state index < -0.39 is 18.0 Å². The highest BCUT2D eigenvalue weighted by atomic mass is 16.5. The molecule has 1 rings (SSSR count). The minimum absolute atomic E-state index is 0.0288. The number of carboxylic acids is 1. The van der Waals surface area contributed by atoms with Crippen LogP contribution in [0.4, 0.5) is 10.5 Å². The summed E-state index contributed by atoms with van der Waals surface area (Å²) in [5.41, 5.74) is 1.50.